The molecule has 33 heavy (non-hydrogen) atoms. The van der Waals surface area contributed by atoms with E-state index in [1.165, 1.54) is 12.1 Å². The molecule has 4 rings (SSSR count). The van der Waals surface area contributed by atoms with Gasteiger partial charge in [-0.05, 0) is 56.5 Å². The first-order valence-corrected chi connectivity index (χ1v) is 10.8. The molecular weight excluding hydrogens is 421 g/mol. The molecule has 3 aromatic rings. The van der Waals surface area contributed by atoms with Gasteiger partial charge in [-0.1, -0.05) is 42.5 Å². The molecule has 1 N–H and O–H groups in total. The zero-order valence-electron chi connectivity index (χ0n) is 18.9. The Morgan fingerprint density at radius 3 is 2.36 bits per heavy atom. The number of Topliss-reactive ketones (excluding diaryl/α,β-unsaturated/α-hetero) is 1. The predicted octanol–water partition coefficient (Wildman–Crippen LogP) is 4.14. The van der Waals surface area contributed by atoms with Crippen molar-refractivity contribution in [3.8, 4) is 0 Å². The van der Waals surface area contributed by atoms with E-state index in [2.05, 4.69) is 5.32 Å². The van der Waals surface area contributed by atoms with Gasteiger partial charge in [-0.25, -0.2) is 9.18 Å². The predicted molar refractivity (Wildman–Crippen MR) is 122 cm³/mol. The van der Waals surface area contributed by atoms with Crippen molar-refractivity contribution in [1.82, 2.24) is 14.8 Å². The highest BCUT2D eigenvalue weighted by molar-refractivity contribution is 6.11. The second-order valence-corrected chi connectivity index (χ2v) is 8.55. The molecule has 3 amide bonds. The maximum atomic E-state index is 13.1. The van der Waals surface area contributed by atoms with Crippen LogP contribution in [0.5, 0.6) is 0 Å². The molecular formula is C26H26FN3O3. The summed E-state index contributed by atoms with van der Waals surface area (Å²) in [6.07, 6.45) is 0.687. The highest BCUT2D eigenvalue weighted by Crippen LogP contribution is 2.29. The second kappa shape index (κ2) is 8.65. The van der Waals surface area contributed by atoms with Crippen LogP contribution >= 0.6 is 0 Å². The SMILES string of the molecule is Cc1cc(C(=O)CN2C(=O)NC(C)(c3ccccc3)C2=O)c(C)n1CCc1ccc(F)cc1. The summed E-state index contributed by atoms with van der Waals surface area (Å²) >= 11 is 0. The second-order valence-electron chi connectivity index (χ2n) is 8.55. The molecule has 2 aromatic carbocycles. The fraction of sp³-hybridized carbons (Fsp3) is 0.269. The molecule has 0 spiro atoms. The van der Waals surface area contributed by atoms with Gasteiger partial charge in [0.05, 0.1) is 6.54 Å². The average Bonchev–Trinajstić information content (AvgIpc) is 3.21. The van der Waals surface area contributed by atoms with Crippen LogP contribution in [0.2, 0.25) is 0 Å². The number of imide groups is 1. The van der Waals surface area contributed by atoms with Crippen LogP contribution < -0.4 is 5.32 Å². The Hall–Kier alpha value is -3.74. The monoisotopic (exact) mass is 447 g/mol. The van der Waals surface area contributed by atoms with Crippen LogP contribution in [0.4, 0.5) is 9.18 Å². The van der Waals surface area contributed by atoms with Crippen LogP contribution in [0, 0.1) is 19.7 Å². The summed E-state index contributed by atoms with van der Waals surface area (Å²) in [7, 11) is 0. The van der Waals surface area contributed by atoms with E-state index in [9.17, 15) is 18.8 Å². The summed E-state index contributed by atoms with van der Waals surface area (Å²) in [5, 5.41) is 2.73. The standard InChI is InChI=1S/C26H26FN3O3/c1-17-15-22(18(2)29(17)14-13-19-9-11-21(27)12-10-19)23(31)16-30-24(32)26(3,28-25(30)33)20-7-5-4-6-8-20/h4-12,15H,13-14,16H2,1-3H3,(H,28,33). The van der Waals surface area contributed by atoms with Crippen molar-refractivity contribution < 1.29 is 18.8 Å². The molecule has 1 aromatic heterocycles. The van der Waals surface area contributed by atoms with E-state index in [4.69, 9.17) is 0 Å². The van der Waals surface area contributed by atoms with E-state index < -0.39 is 17.5 Å². The third kappa shape index (κ3) is 4.18. The Morgan fingerprint density at radius 1 is 1.03 bits per heavy atom. The van der Waals surface area contributed by atoms with Gasteiger partial charge >= 0.3 is 6.03 Å². The summed E-state index contributed by atoms with van der Waals surface area (Å²) in [5.74, 6) is -1.02. The third-order valence-corrected chi connectivity index (χ3v) is 6.34. The largest absolute Gasteiger partial charge is 0.348 e. The molecule has 1 atom stereocenters. The number of halogens is 1. The highest BCUT2D eigenvalue weighted by atomic mass is 19.1. The summed E-state index contributed by atoms with van der Waals surface area (Å²) in [5.41, 5.74) is 2.63. The fourth-order valence-corrected chi connectivity index (χ4v) is 4.36. The van der Waals surface area contributed by atoms with Crippen LogP contribution in [0.25, 0.3) is 0 Å². The number of hydrogen-bond donors (Lipinski definition) is 1. The zero-order valence-corrected chi connectivity index (χ0v) is 18.9. The van der Waals surface area contributed by atoms with E-state index in [1.54, 1.807) is 49.4 Å². The lowest BCUT2D eigenvalue weighted by Gasteiger charge is -2.22. The molecule has 1 saturated heterocycles. The van der Waals surface area contributed by atoms with E-state index in [0.29, 0.717) is 24.1 Å². The van der Waals surface area contributed by atoms with Crippen LogP contribution in [0.3, 0.4) is 0 Å². The van der Waals surface area contributed by atoms with Gasteiger partial charge in [0.2, 0.25) is 0 Å². The number of nitrogens with zero attached hydrogens (tertiary/aromatic N) is 2. The van der Waals surface area contributed by atoms with Gasteiger partial charge in [0, 0.05) is 23.5 Å². The number of hydrogen-bond acceptors (Lipinski definition) is 3. The smallest absolute Gasteiger partial charge is 0.325 e. The van der Waals surface area contributed by atoms with Crippen molar-refractivity contribution >= 4 is 17.7 Å². The topological polar surface area (TPSA) is 71.4 Å². The Bertz CT molecular complexity index is 1220. The minimum Gasteiger partial charge on any atom is -0.348 e. The van der Waals surface area contributed by atoms with Gasteiger partial charge in [0.15, 0.2) is 5.78 Å². The number of carbonyl (C=O) groups excluding carboxylic acids is 3. The molecule has 6 nitrogen and oxygen atoms in total. The lowest BCUT2D eigenvalue weighted by Crippen LogP contribution is -2.41. The van der Waals surface area contributed by atoms with Crippen molar-refractivity contribution in [2.24, 2.45) is 0 Å². The molecule has 0 bridgehead atoms. The Morgan fingerprint density at radius 2 is 1.70 bits per heavy atom. The molecule has 170 valence electrons. The average molecular weight is 448 g/mol. The summed E-state index contributed by atoms with van der Waals surface area (Å²) in [6.45, 7) is 5.72. The van der Waals surface area contributed by atoms with Gasteiger partial charge in [-0.3, -0.25) is 14.5 Å². The number of amides is 3. The maximum Gasteiger partial charge on any atom is 0.325 e. The fourth-order valence-electron chi connectivity index (χ4n) is 4.36. The molecule has 0 saturated carbocycles. The van der Waals surface area contributed by atoms with Gasteiger partial charge in [0.1, 0.15) is 11.4 Å². The first-order valence-electron chi connectivity index (χ1n) is 10.8. The maximum absolute atomic E-state index is 13.1. The van der Waals surface area contributed by atoms with Crippen molar-refractivity contribution in [2.75, 3.05) is 6.54 Å². The quantitative estimate of drug-likeness (QED) is 0.437. The van der Waals surface area contributed by atoms with Crippen LogP contribution in [0.15, 0.2) is 60.7 Å². The van der Waals surface area contributed by atoms with E-state index in [-0.39, 0.29) is 18.1 Å². The number of benzene rings is 2. The first-order chi connectivity index (χ1) is 15.7. The molecule has 1 aliphatic heterocycles. The number of aromatic nitrogens is 1. The van der Waals surface area contributed by atoms with Gasteiger partial charge in [-0.2, -0.15) is 0 Å². The Balaban J connectivity index is 1.49. The van der Waals surface area contributed by atoms with Crippen molar-refractivity contribution in [3.05, 3.63) is 94.6 Å². The molecule has 1 aliphatic rings. The van der Waals surface area contributed by atoms with E-state index >= 15 is 0 Å². The first kappa shape index (κ1) is 22.5. The molecule has 7 heteroatoms. The van der Waals surface area contributed by atoms with Crippen molar-refractivity contribution in [2.45, 2.75) is 39.3 Å². The molecule has 1 fully saturated rings. The van der Waals surface area contributed by atoms with E-state index in [1.807, 2.05) is 24.5 Å². The van der Waals surface area contributed by atoms with Crippen LogP contribution in [-0.4, -0.2) is 33.7 Å². The van der Waals surface area contributed by atoms with Crippen LogP contribution in [-0.2, 0) is 23.3 Å². The minimum absolute atomic E-state index is 0.274. The number of rotatable bonds is 7. The van der Waals surface area contributed by atoms with Gasteiger partial charge in [-0.15, -0.1) is 0 Å². The van der Waals surface area contributed by atoms with Crippen LogP contribution in [0.1, 0.15) is 39.8 Å². The molecule has 1 unspecified atom stereocenters. The molecule has 0 radical (unpaired) electrons. The van der Waals surface area contributed by atoms with Gasteiger partial charge < -0.3 is 9.88 Å². The Labute approximate surface area is 192 Å². The summed E-state index contributed by atoms with van der Waals surface area (Å²) in [6, 6.07) is 16.6. The number of aryl methyl sites for hydroxylation is 2. The van der Waals surface area contributed by atoms with Crippen molar-refractivity contribution in [1.29, 1.82) is 0 Å². The zero-order chi connectivity index (χ0) is 23.8. The minimum atomic E-state index is -1.20. The highest BCUT2D eigenvalue weighted by Gasteiger charge is 2.49. The third-order valence-electron chi connectivity index (χ3n) is 6.34. The molecule has 0 aliphatic carbocycles. The lowest BCUT2D eigenvalue weighted by molar-refractivity contribution is -0.130. The van der Waals surface area contributed by atoms with Crippen molar-refractivity contribution in [3.63, 3.8) is 0 Å². The normalized spacial score (nSPS) is 18.0. The van der Waals surface area contributed by atoms with Gasteiger partial charge in [0.25, 0.3) is 5.91 Å². The lowest BCUT2D eigenvalue weighted by atomic mass is 9.92. The summed E-state index contributed by atoms with van der Waals surface area (Å²) in [4.78, 5) is 39.8. The number of nitrogens with one attached hydrogen (secondary N) is 1. The number of urea groups is 1. The van der Waals surface area contributed by atoms with E-state index in [0.717, 1.165) is 21.9 Å². The Kier molecular flexibility index (Phi) is 5.89. The number of carbonyl (C=O) groups is 3. The summed E-state index contributed by atoms with van der Waals surface area (Å²) < 4.78 is 15.2. The number of ketones is 1. The molecule has 2 heterocycles.